The SMILES string of the molecule is Cc1nc(-c2sc(N)nc2-c2cn[nH]c2)ccc1F. The third-order valence-corrected chi connectivity index (χ3v) is 3.58. The topological polar surface area (TPSA) is 80.5 Å². The zero-order chi connectivity index (χ0) is 13.4. The molecule has 3 rings (SSSR count). The molecule has 96 valence electrons. The van der Waals surface area contributed by atoms with E-state index in [0.717, 1.165) is 10.4 Å². The number of nitrogens with two attached hydrogens (primary N) is 1. The summed E-state index contributed by atoms with van der Waals surface area (Å²) in [4.78, 5) is 9.33. The number of pyridine rings is 1. The normalized spacial score (nSPS) is 10.8. The standard InChI is InChI=1S/C12H10FN5S/c1-6-8(13)2-3-9(17-6)11-10(18-12(14)19-11)7-4-15-16-5-7/h2-5H,1H3,(H2,14,18)(H,15,16). The smallest absolute Gasteiger partial charge is 0.181 e. The van der Waals surface area contributed by atoms with Gasteiger partial charge in [0.2, 0.25) is 0 Å². The molecule has 0 fully saturated rings. The van der Waals surface area contributed by atoms with Gasteiger partial charge in [-0.05, 0) is 19.1 Å². The van der Waals surface area contributed by atoms with Gasteiger partial charge in [-0.3, -0.25) is 5.10 Å². The van der Waals surface area contributed by atoms with Gasteiger partial charge in [-0.25, -0.2) is 14.4 Å². The number of aromatic amines is 1. The zero-order valence-electron chi connectivity index (χ0n) is 10.0. The number of rotatable bonds is 2. The van der Waals surface area contributed by atoms with Crippen LogP contribution in [0, 0.1) is 12.7 Å². The summed E-state index contributed by atoms with van der Waals surface area (Å²) in [5.74, 6) is -0.328. The van der Waals surface area contributed by atoms with Crippen molar-refractivity contribution in [3.05, 3.63) is 36.0 Å². The van der Waals surface area contributed by atoms with E-state index in [1.807, 2.05) is 0 Å². The molecule has 0 saturated carbocycles. The predicted octanol–water partition coefficient (Wildman–Crippen LogP) is 2.62. The van der Waals surface area contributed by atoms with Gasteiger partial charge >= 0.3 is 0 Å². The van der Waals surface area contributed by atoms with Crippen LogP contribution < -0.4 is 5.73 Å². The van der Waals surface area contributed by atoms with Crippen LogP contribution in [-0.4, -0.2) is 20.2 Å². The van der Waals surface area contributed by atoms with Crippen molar-refractivity contribution in [1.29, 1.82) is 0 Å². The van der Waals surface area contributed by atoms with Crippen LogP contribution in [0.2, 0.25) is 0 Å². The van der Waals surface area contributed by atoms with Crippen molar-refractivity contribution in [3.8, 4) is 21.8 Å². The molecule has 0 amide bonds. The molecule has 3 heterocycles. The monoisotopic (exact) mass is 275 g/mol. The van der Waals surface area contributed by atoms with Gasteiger partial charge in [0, 0.05) is 11.8 Å². The van der Waals surface area contributed by atoms with E-state index < -0.39 is 0 Å². The summed E-state index contributed by atoms with van der Waals surface area (Å²) in [6, 6.07) is 3.02. The highest BCUT2D eigenvalue weighted by atomic mass is 32.1. The first kappa shape index (κ1) is 11.8. The van der Waals surface area contributed by atoms with E-state index in [-0.39, 0.29) is 5.82 Å². The molecule has 5 nitrogen and oxygen atoms in total. The minimum Gasteiger partial charge on any atom is -0.375 e. The fourth-order valence-electron chi connectivity index (χ4n) is 1.76. The third-order valence-electron chi connectivity index (χ3n) is 2.67. The minimum atomic E-state index is -0.328. The van der Waals surface area contributed by atoms with Crippen LogP contribution in [-0.2, 0) is 0 Å². The quantitative estimate of drug-likeness (QED) is 0.753. The number of H-pyrrole nitrogens is 1. The Morgan fingerprint density at radius 1 is 1.32 bits per heavy atom. The Morgan fingerprint density at radius 3 is 2.84 bits per heavy atom. The van der Waals surface area contributed by atoms with Crippen molar-refractivity contribution >= 4 is 16.5 Å². The molecule has 0 bridgehead atoms. The fourth-order valence-corrected chi connectivity index (χ4v) is 2.58. The van der Waals surface area contributed by atoms with Crippen LogP contribution in [0.3, 0.4) is 0 Å². The lowest BCUT2D eigenvalue weighted by molar-refractivity contribution is 0.610. The molecule has 0 aromatic carbocycles. The number of thiazole rings is 1. The van der Waals surface area contributed by atoms with Crippen molar-refractivity contribution in [3.63, 3.8) is 0 Å². The first-order valence-electron chi connectivity index (χ1n) is 5.54. The lowest BCUT2D eigenvalue weighted by atomic mass is 10.2. The lowest BCUT2D eigenvalue weighted by Crippen LogP contribution is -1.90. The highest BCUT2D eigenvalue weighted by molar-refractivity contribution is 7.19. The number of nitrogen functional groups attached to an aromatic ring is 1. The summed E-state index contributed by atoms with van der Waals surface area (Å²) in [5, 5.41) is 7.06. The highest BCUT2D eigenvalue weighted by Crippen LogP contribution is 2.36. The Balaban J connectivity index is 2.17. The van der Waals surface area contributed by atoms with Crippen LogP contribution >= 0.6 is 11.3 Å². The van der Waals surface area contributed by atoms with Crippen molar-refractivity contribution in [2.24, 2.45) is 0 Å². The van der Waals surface area contributed by atoms with E-state index in [1.54, 1.807) is 25.4 Å². The first-order valence-corrected chi connectivity index (χ1v) is 6.36. The number of hydrogen-bond donors (Lipinski definition) is 2. The molecule has 7 heteroatoms. The molecule has 3 aromatic rings. The molecule has 0 unspecified atom stereocenters. The Morgan fingerprint density at radius 2 is 2.16 bits per heavy atom. The van der Waals surface area contributed by atoms with Gasteiger partial charge < -0.3 is 5.73 Å². The molecule has 0 aliphatic carbocycles. The molecule has 0 saturated heterocycles. The molecule has 0 spiro atoms. The van der Waals surface area contributed by atoms with Crippen molar-refractivity contribution in [2.75, 3.05) is 5.73 Å². The van der Waals surface area contributed by atoms with Crippen molar-refractivity contribution in [2.45, 2.75) is 6.92 Å². The summed E-state index contributed by atoms with van der Waals surface area (Å²) >= 11 is 1.32. The summed E-state index contributed by atoms with van der Waals surface area (Å²) in [6.07, 6.45) is 3.39. The largest absolute Gasteiger partial charge is 0.375 e. The molecular weight excluding hydrogens is 265 g/mol. The van der Waals surface area contributed by atoms with E-state index in [9.17, 15) is 4.39 Å². The molecular formula is C12H10FN5S. The van der Waals surface area contributed by atoms with Gasteiger partial charge in [-0.1, -0.05) is 11.3 Å². The van der Waals surface area contributed by atoms with Gasteiger partial charge in [-0.2, -0.15) is 5.10 Å². The van der Waals surface area contributed by atoms with Gasteiger partial charge in [0.15, 0.2) is 5.13 Å². The van der Waals surface area contributed by atoms with E-state index in [2.05, 4.69) is 20.2 Å². The summed E-state index contributed by atoms with van der Waals surface area (Å²) in [7, 11) is 0. The first-order chi connectivity index (χ1) is 9.15. The number of hydrogen-bond acceptors (Lipinski definition) is 5. The third kappa shape index (κ3) is 2.08. The van der Waals surface area contributed by atoms with Crippen molar-refractivity contribution < 1.29 is 4.39 Å². The number of aryl methyl sites for hydroxylation is 1. The van der Waals surface area contributed by atoms with Crippen LogP contribution in [0.15, 0.2) is 24.5 Å². The maximum Gasteiger partial charge on any atom is 0.181 e. The Labute approximate surface area is 112 Å². The number of nitrogens with one attached hydrogen (secondary N) is 1. The summed E-state index contributed by atoms with van der Waals surface area (Å²) in [5.41, 5.74) is 8.30. The lowest BCUT2D eigenvalue weighted by Gasteiger charge is -2.02. The second kappa shape index (κ2) is 4.43. The number of nitrogens with zero attached hydrogens (tertiary/aromatic N) is 3. The zero-order valence-corrected chi connectivity index (χ0v) is 10.8. The Kier molecular flexibility index (Phi) is 2.75. The fraction of sp³-hybridized carbons (Fsp3) is 0.0833. The average Bonchev–Trinajstić information content (AvgIpc) is 3.01. The number of aromatic nitrogens is 4. The minimum absolute atomic E-state index is 0.328. The van der Waals surface area contributed by atoms with E-state index in [1.165, 1.54) is 17.4 Å². The number of halogens is 1. The molecule has 0 radical (unpaired) electrons. The van der Waals surface area contributed by atoms with Crippen LogP contribution in [0.4, 0.5) is 9.52 Å². The van der Waals surface area contributed by atoms with Gasteiger partial charge in [0.05, 0.1) is 28.2 Å². The number of anilines is 1. The van der Waals surface area contributed by atoms with Gasteiger partial charge in [0.25, 0.3) is 0 Å². The molecule has 3 aromatic heterocycles. The Bertz CT molecular complexity index is 720. The maximum atomic E-state index is 13.3. The highest BCUT2D eigenvalue weighted by Gasteiger charge is 2.16. The Hall–Kier alpha value is -2.28. The van der Waals surface area contributed by atoms with Crippen LogP contribution in [0.5, 0.6) is 0 Å². The van der Waals surface area contributed by atoms with Gasteiger partial charge in [-0.15, -0.1) is 0 Å². The molecule has 0 aliphatic heterocycles. The van der Waals surface area contributed by atoms with E-state index in [4.69, 9.17) is 5.73 Å². The summed E-state index contributed by atoms with van der Waals surface area (Å²) in [6.45, 7) is 1.63. The van der Waals surface area contributed by atoms with E-state index >= 15 is 0 Å². The van der Waals surface area contributed by atoms with Crippen LogP contribution in [0.1, 0.15) is 5.69 Å². The second-order valence-electron chi connectivity index (χ2n) is 3.98. The molecule has 0 atom stereocenters. The molecule has 0 aliphatic rings. The predicted molar refractivity (Wildman–Crippen MR) is 72.0 cm³/mol. The van der Waals surface area contributed by atoms with Gasteiger partial charge in [0.1, 0.15) is 5.82 Å². The second-order valence-corrected chi connectivity index (χ2v) is 5.01. The average molecular weight is 275 g/mol. The van der Waals surface area contributed by atoms with Crippen molar-refractivity contribution in [1.82, 2.24) is 20.2 Å². The maximum absolute atomic E-state index is 13.3. The summed E-state index contributed by atoms with van der Waals surface area (Å²) < 4.78 is 13.3. The van der Waals surface area contributed by atoms with Crippen LogP contribution in [0.25, 0.3) is 21.8 Å². The molecule has 3 N–H and O–H groups in total. The molecule has 19 heavy (non-hydrogen) atoms. The van der Waals surface area contributed by atoms with E-state index in [0.29, 0.717) is 22.2 Å².